The molecule has 1 heterocycles. The van der Waals surface area contributed by atoms with E-state index in [1.54, 1.807) is 24.3 Å². The first kappa shape index (κ1) is 22.0. The van der Waals surface area contributed by atoms with Crippen LogP contribution >= 0.6 is 11.8 Å². The standard InChI is InChI=1S/C20H22N2O6S2/c1-27-16-5-3-13(11-17(16)28-2)21-20(24)8-10-30(25,26)14-4-6-18-15(12-14)22-19(23)7-9-29-18/h3-6,11-12H,7-10H2,1-2H3,(H,21,24)(H,22,23). The minimum absolute atomic E-state index is 0.0722. The van der Waals surface area contributed by atoms with Gasteiger partial charge in [-0.3, -0.25) is 9.59 Å². The zero-order valence-electron chi connectivity index (χ0n) is 16.6. The second kappa shape index (κ2) is 9.40. The third-order valence-electron chi connectivity index (χ3n) is 4.44. The van der Waals surface area contributed by atoms with E-state index >= 15 is 0 Å². The molecule has 0 atom stereocenters. The Balaban J connectivity index is 1.66. The quantitative estimate of drug-likeness (QED) is 0.667. The lowest BCUT2D eigenvalue weighted by Crippen LogP contribution is -2.18. The van der Waals surface area contributed by atoms with Gasteiger partial charge in [0.1, 0.15) is 0 Å². The lowest BCUT2D eigenvalue weighted by atomic mass is 10.2. The van der Waals surface area contributed by atoms with E-state index in [2.05, 4.69) is 10.6 Å². The molecular weight excluding hydrogens is 428 g/mol. The fourth-order valence-electron chi connectivity index (χ4n) is 2.87. The Morgan fingerprint density at radius 2 is 1.90 bits per heavy atom. The summed E-state index contributed by atoms with van der Waals surface area (Å²) in [6, 6.07) is 9.52. The van der Waals surface area contributed by atoms with Gasteiger partial charge in [0.15, 0.2) is 21.3 Å². The molecular formula is C20H22N2O6S2. The first-order valence-corrected chi connectivity index (χ1v) is 11.8. The summed E-state index contributed by atoms with van der Waals surface area (Å²) in [5.41, 5.74) is 0.957. The van der Waals surface area contributed by atoms with Crippen molar-refractivity contribution in [1.82, 2.24) is 0 Å². The molecule has 2 aromatic carbocycles. The predicted molar refractivity (Wildman–Crippen MR) is 115 cm³/mol. The van der Waals surface area contributed by atoms with Gasteiger partial charge in [0.25, 0.3) is 0 Å². The lowest BCUT2D eigenvalue weighted by molar-refractivity contribution is -0.116. The van der Waals surface area contributed by atoms with E-state index in [4.69, 9.17) is 9.47 Å². The SMILES string of the molecule is COc1ccc(NC(=O)CCS(=O)(=O)c2ccc3c(c2)NC(=O)CCS3)cc1OC. The van der Waals surface area contributed by atoms with Crippen molar-refractivity contribution < 1.29 is 27.5 Å². The Morgan fingerprint density at radius 3 is 2.63 bits per heavy atom. The van der Waals surface area contributed by atoms with E-state index in [1.165, 1.54) is 38.1 Å². The summed E-state index contributed by atoms with van der Waals surface area (Å²) in [4.78, 5) is 24.9. The van der Waals surface area contributed by atoms with Crippen molar-refractivity contribution in [3.8, 4) is 11.5 Å². The van der Waals surface area contributed by atoms with E-state index < -0.39 is 15.7 Å². The fourth-order valence-corrected chi connectivity index (χ4v) is 5.07. The molecule has 30 heavy (non-hydrogen) atoms. The molecule has 2 N–H and O–H groups in total. The molecule has 0 aliphatic carbocycles. The number of fused-ring (bicyclic) bond motifs is 1. The molecule has 0 aromatic heterocycles. The molecule has 0 saturated heterocycles. The van der Waals surface area contributed by atoms with Gasteiger partial charge in [0.05, 0.1) is 30.6 Å². The normalized spacial score (nSPS) is 13.6. The van der Waals surface area contributed by atoms with E-state index in [0.29, 0.717) is 35.0 Å². The molecule has 160 valence electrons. The second-order valence-electron chi connectivity index (χ2n) is 6.49. The third kappa shape index (κ3) is 5.25. The average Bonchev–Trinajstić information content (AvgIpc) is 2.92. The van der Waals surface area contributed by atoms with Gasteiger partial charge in [-0.1, -0.05) is 0 Å². The molecule has 0 radical (unpaired) electrons. The summed E-state index contributed by atoms with van der Waals surface area (Å²) in [7, 11) is -0.709. The number of amides is 2. The van der Waals surface area contributed by atoms with Crippen molar-refractivity contribution in [2.45, 2.75) is 22.6 Å². The van der Waals surface area contributed by atoms with Crippen molar-refractivity contribution >= 4 is 44.8 Å². The zero-order valence-corrected chi connectivity index (χ0v) is 18.2. The van der Waals surface area contributed by atoms with Crippen LogP contribution in [0.3, 0.4) is 0 Å². The van der Waals surface area contributed by atoms with Crippen molar-refractivity contribution in [3.63, 3.8) is 0 Å². The van der Waals surface area contributed by atoms with Crippen molar-refractivity contribution in [2.24, 2.45) is 0 Å². The van der Waals surface area contributed by atoms with Crippen LogP contribution in [0.15, 0.2) is 46.2 Å². The minimum atomic E-state index is -3.70. The average molecular weight is 451 g/mol. The Kier molecular flexibility index (Phi) is 6.88. The number of thioether (sulfide) groups is 1. The van der Waals surface area contributed by atoms with E-state index in [0.717, 1.165) is 4.90 Å². The van der Waals surface area contributed by atoms with Gasteiger partial charge in [0.2, 0.25) is 11.8 Å². The Morgan fingerprint density at radius 1 is 1.13 bits per heavy atom. The van der Waals surface area contributed by atoms with Gasteiger partial charge >= 0.3 is 0 Å². The van der Waals surface area contributed by atoms with Gasteiger partial charge in [0, 0.05) is 35.2 Å². The monoisotopic (exact) mass is 450 g/mol. The Labute approximate surface area is 179 Å². The molecule has 2 amide bonds. The summed E-state index contributed by atoms with van der Waals surface area (Å²) in [6.45, 7) is 0. The molecule has 1 aliphatic rings. The largest absolute Gasteiger partial charge is 0.493 e. The maximum absolute atomic E-state index is 12.7. The van der Waals surface area contributed by atoms with E-state index in [1.807, 2.05) is 0 Å². The summed E-state index contributed by atoms with van der Waals surface area (Å²) in [5, 5.41) is 5.38. The van der Waals surface area contributed by atoms with Crippen LogP contribution in [0.25, 0.3) is 0 Å². The first-order valence-electron chi connectivity index (χ1n) is 9.14. The minimum Gasteiger partial charge on any atom is -0.493 e. The number of ether oxygens (including phenoxy) is 2. The highest BCUT2D eigenvalue weighted by molar-refractivity contribution is 7.99. The number of rotatable bonds is 7. The van der Waals surface area contributed by atoms with Gasteiger partial charge in [-0.25, -0.2) is 8.42 Å². The van der Waals surface area contributed by atoms with Crippen LogP contribution in [-0.4, -0.2) is 46.0 Å². The van der Waals surface area contributed by atoms with Crippen LogP contribution < -0.4 is 20.1 Å². The van der Waals surface area contributed by atoms with Crippen LogP contribution in [-0.2, 0) is 19.4 Å². The molecule has 3 rings (SSSR count). The fraction of sp³-hybridized carbons (Fsp3) is 0.300. The van der Waals surface area contributed by atoms with Gasteiger partial charge in [-0.05, 0) is 30.3 Å². The van der Waals surface area contributed by atoms with Gasteiger partial charge < -0.3 is 20.1 Å². The number of hydrogen-bond acceptors (Lipinski definition) is 7. The molecule has 1 aliphatic heterocycles. The van der Waals surface area contributed by atoms with Crippen molar-refractivity contribution in [2.75, 3.05) is 36.4 Å². The number of carbonyl (C=O) groups is 2. The number of nitrogens with one attached hydrogen (secondary N) is 2. The van der Waals surface area contributed by atoms with Crippen LogP contribution in [0.1, 0.15) is 12.8 Å². The van der Waals surface area contributed by atoms with Gasteiger partial charge in [-0.15, -0.1) is 11.8 Å². The van der Waals surface area contributed by atoms with Crippen LogP contribution in [0, 0.1) is 0 Å². The Bertz CT molecular complexity index is 1070. The highest BCUT2D eigenvalue weighted by Gasteiger charge is 2.21. The van der Waals surface area contributed by atoms with Crippen LogP contribution in [0.5, 0.6) is 11.5 Å². The number of methoxy groups -OCH3 is 2. The van der Waals surface area contributed by atoms with Gasteiger partial charge in [-0.2, -0.15) is 0 Å². The number of benzene rings is 2. The molecule has 8 nitrogen and oxygen atoms in total. The summed E-state index contributed by atoms with van der Waals surface area (Å²) in [6.07, 6.45) is 0.159. The van der Waals surface area contributed by atoms with Crippen LogP contribution in [0.4, 0.5) is 11.4 Å². The Hall–Kier alpha value is -2.72. The van der Waals surface area contributed by atoms with Crippen molar-refractivity contribution in [1.29, 1.82) is 0 Å². The summed E-state index contributed by atoms with van der Waals surface area (Å²) in [5.74, 6) is 0.668. The number of carbonyl (C=O) groups excluding carboxylic acids is 2. The number of anilines is 2. The smallest absolute Gasteiger partial charge is 0.225 e. The van der Waals surface area contributed by atoms with E-state index in [9.17, 15) is 18.0 Å². The third-order valence-corrected chi connectivity index (χ3v) is 7.23. The molecule has 0 saturated carbocycles. The first-order chi connectivity index (χ1) is 14.3. The number of sulfone groups is 1. The predicted octanol–water partition coefficient (Wildman–Crippen LogP) is 2.94. The topological polar surface area (TPSA) is 111 Å². The lowest BCUT2D eigenvalue weighted by Gasteiger charge is -2.11. The van der Waals surface area contributed by atoms with Crippen molar-refractivity contribution in [3.05, 3.63) is 36.4 Å². The molecule has 10 heteroatoms. The number of hydrogen-bond donors (Lipinski definition) is 2. The summed E-state index contributed by atoms with van der Waals surface area (Å²) >= 11 is 1.50. The molecule has 0 spiro atoms. The maximum Gasteiger partial charge on any atom is 0.225 e. The molecule has 0 fully saturated rings. The molecule has 0 bridgehead atoms. The summed E-state index contributed by atoms with van der Waals surface area (Å²) < 4.78 is 35.7. The second-order valence-corrected chi connectivity index (χ2v) is 9.74. The molecule has 0 unspecified atom stereocenters. The van der Waals surface area contributed by atoms with Crippen LogP contribution in [0.2, 0.25) is 0 Å². The maximum atomic E-state index is 12.7. The van der Waals surface area contributed by atoms with E-state index in [-0.39, 0.29) is 23.0 Å². The highest BCUT2D eigenvalue weighted by Crippen LogP contribution is 2.33. The zero-order chi connectivity index (χ0) is 21.7. The molecule has 2 aromatic rings. The highest BCUT2D eigenvalue weighted by atomic mass is 32.2.